The van der Waals surface area contributed by atoms with Crippen LogP contribution in [0.15, 0.2) is 30.5 Å². The fraction of sp³-hybridized carbons (Fsp3) is 0.400. The monoisotopic (exact) mass is 333 g/mol. The Bertz CT molecular complexity index is 906. The van der Waals surface area contributed by atoms with E-state index in [0.717, 1.165) is 48.5 Å². The fourth-order valence-corrected chi connectivity index (χ4v) is 3.89. The molecule has 128 valence electrons. The Kier molecular flexibility index (Phi) is 4.29. The Morgan fingerprint density at radius 2 is 2.12 bits per heavy atom. The highest BCUT2D eigenvalue weighted by Crippen LogP contribution is 2.33. The van der Waals surface area contributed by atoms with Gasteiger partial charge in [-0.25, -0.2) is 0 Å². The summed E-state index contributed by atoms with van der Waals surface area (Å²) in [5.74, 6) is 0.576. The maximum Gasteiger partial charge on any atom is 0.0991 e. The van der Waals surface area contributed by atoms with E-state index in [1.54, 1.807) is 0 Å². The number of rotatable bonds is 4. The topological polar surface area (TPSA) is 71.5 Å². The summed E-state index contributed by atoms with van der Waals surface area (Å²) < 4.78 is 0. The predicted molar refractivity (Wildman–Crippen MR) is 98.5 cm³/mol. The first-order valence-corrected chi connectivity index (χ1v) is 8.97. The molecule has 4 rings (SSSR count). The summed E-state index contributed by atoms with van der Waals surface area (Å²) in [7, 11) is 0. The van der Waals surface area contributed by atoms with Crippen molar-refractivity contribution < 1.29 is 0 Å². The number of nitriles is 1. The Balaban J connectivity index is 1.39. The van der Waals surface area contributed by atoms with Crippen LogP contribution < -0.4 is 0 Å². The van der Waals surface area contributed by atoms with Gasteiger partial charge < -0.3 is 9.88 Å². The van der Waals surface area contributed by atoms with Crippen molar-refractivity contribution in [2.45, 2.75) is 32.1 Å². The third kappa shape index (κ3) is 3.31. The molecule has 1 aliphatic rings. The number of nitrogens with one attached hydrogen (secondary N) is 2. The van der Waals surface area contributed by atoms with Gasteiger partial charge in [0.05, 0.1) is 17.3 Å². The van der Waals surface area contributed by atoms with E-state index in [2.05, 4.69) is 38.4 Å². The molecule has 1 saturated heterocycles. The maximum absolute atomic E-state index is 9.15. The van der Waals surface area contributed by atoms with Crippen molar-refractivity contribution >= 4 is 10.9 Å². The lowest BCUT2D eigenvalue weighted by atomic mass is 9.89. The molecular formula is C20H23N5. The van der Waals surface area contributed by atoms with E-state index in [9.17, 15) is 0 Å². The summed E-state index contributed by atoms with van der Waals surface area (Å²) in [5.41, 5.74) is 5.52. The van der Waals surface area contributed by atoms with E-state index >= 15 is 0 Å². The molecule has 1 aliphatic heterocycles. The minimum absolute atomic E-state index is 0.576. The summed E-state index contributed by atoms with van der Waals surface area (Å²) in [4.78, 5) is 5.90. The van der Waals surface area contributed by atoms with Crippen LogP contribution in [0.4, 0.5) is 0 Å². The molecule has 0 unspecified atom stereocenters. The van der Waals surface area contributed by atoms with Gasteiger partial charge in [0.1, 0.15) is 0 Å². The highest BCUT2D eigenvalue weighted by Gasteiger charge is 2.22. The van der Waals surface area contributed by atoms with Crippen molar-refractivity contribution in [3.8, 4) is 6.07 Å². The largest absolute Gasteiger partial charge is 0.361 e. The van der Waals surface area contributed by atoms with Gasteiger partial charge in [-0.1, -0.05) is 0 Å². The number of likely N-dealkylation sites (tertiary alicyclic amines) is 1. The second kappa shape index (κ2) is 6.73. The van der Waals surface area contributed by atoms with Crippen molar-refractivity contribution in [1.29, 1.82) is 5.26 Å². The molecule has 2 N–H and O–H groups in total. The van der Waals surface area contributed by atoms with Crippen molar-refractivity contribution in [3.63, 3.8) is 0 Å². The molecular weight excluding hydrogens is 310 g/mol. The van der Waals surface area contributed by atoms with Crippen LogP contribution in [0.3, 0.4) is 0 Å². The zero-order valence-electron chi connectivity index (χ0n) is 14.5. The number of hydrogen-bond donors (Lipinski definition) is 2. The molecule has 5 heteroatoms. The lowest BCUT2D eigenvalue weighted by Gasteiger charge is -2.31. The number of fused-ring (bicyclic) bond motifs is 1. The number of H-pyrrole nitrogens is 2. The normalized spacial score (nSPS) is 16.3. The number of aromatic nitrogens is 3. The average Bonchev–Trinajstić information content (AvgIpc) is 3.26. The van der Waals surface area contributed by atoms with Crippen molar-refractivity contribution in [2.24, 2.45) is 0 Å². The van der Waals surface area contributed by atoms with E-state index in [4.69, 9.17) is 5.26 Å². The zero-order valence-corrected chi connectivity index (χ0v) is 14.5. The van der Waals surface area contributed by atoms with Crippen LogP contribution in [0.1, 0.15) is 41.3 Å². The molecule has 0 spiro atoms. The maximum atomic E-state index is 9.15. The van der Waals surface area contributed by atoms with Gasteiger partial charge in [0.2, 0.25) is 0 Å². The molecule has 3 heterocycles. The molecule has 25 heavy (non-hydrogen) atoms. The first kappa shape index (κ1) is 15.9. The Labute approximate surface area is 147 Å². The molecule has 3 aromatic rings. The molecule has 0 radical (unpaired) electrons. The lowest BCUT2D eigenvalue weighted by molar-refractivity contribution is 0.214. The Morgan fingerprint density at radius 1 is 1.28 bits per heavy atom. The molecule has 1 fully saturated rings. The van der Waals surface area contributed by atoms with E-state index in [-0.39, 0.29) is 0 Å². The standard InChI is InChI=1S/C20H23N5/c1-14-10-17(24-23-14)6-9-25-7-4-16(5-8-25)19-13-22-20-3-2-15(12-21)11-18(19)20/h2-3,10-11,13,16,22H,4-9H2,1H3,(H,23,24). The zero-order chi connectivity index (χ0) is 17.2. The van der Waals surface area contributed by atoms with Crippen molar-refractivity contribution in [1.82, 2.24) is 20.1 Å². The number of piperidine rings is 1. The molecule has 1 aromatic carbocycles. The van der Waals surface area contributed by atoms with Gasteiger partial charge in [-0.2, -0.15) is 10.4 Å². The number of benzene rings is 1. The van der Waals surface area contributed by atoms with Crippen molar-refractivity contribution in [2.75, 3.05) is 19.6 Å². The second-order valence-corrected chi connectivity index (χ2v) is 7.02. The molecule has 5 nitrogen and oxygen atoms in total. The second-order valence-electron chi connectivity index (χ2n) is 7.02. The molecule has 0 bridgehead atoms. The fourth-order valence-electron chi connectivity index (χ4n) is 3.89. The van der Waals surface area contributed by atoms with Gasteiger partial charge in [0.25, 0.3) is 0 Å². The summed E-state index contributed by atoms with van der Waals surface area (Å²) in [6.45, 7) is 5.36. The van der Waals surface area contributed by atoms with Gasteiger partial charge in [-0.3, -0.25) is 5.10 Å². The van der Waals surface area contributed by atoms with Crippen LogP contribution >= 0.6 is 0 Å². The number of aryl methyl sites for hydroxylation is 1. The summed E-state index contributed by atoms with van der Waals surface area (Å²) >= 11 is 0. The third-order valence-corrected chi connectivity index (χ3v) is 5.31. The highest BCUT2D eigenvalue weighted by atomic mass is 15.1. The minimum atomic E-state index is 0.576. The highest BCUT2D eigenvalue weighted by molar-refractivity contribution is 5.85. The quantitative estimate of drug-likeness (QED) is 0.767. The summed E-state index contributed by atoms with van der Waals surface area (Å²) in [6, 6.07) is 10.3. The summed E-state index contributed by atoms with van der Waals surface area (Å²) in [5, 5.41) is 17.7. The molecule has 2 aromatic heterocycles. The third-order valence-electron chi connectivity index (χ3n) is 5.31. The van der Waals surface area contributed by atoms with Gasteiger partial charge in [0, 0.05) is 35.8 Å². The van der Waals surface area contributed by atoms with Crippen LogP contribution in [0.2, 0.25) is 0 Å². The van der Waals surface area contributed by atoms with Crippen LogP contribution in [0.5, 0.6) is 0 Å². The molecule has 0 aliphatic carbocycles. The number of hydrogen-bond acceptors (Lipinski definition) is 3. The van der Waals surface area contributed by atoms with E-state index in [0.29, 0.717) is 5.92 Å². The predicted octanol–water partition coefficient (Wildman–Crippen LogP) is 3.49. The van der Waals surface area contributed by atoms with Gasteiger partial charge in [0.15, 0.2) is 0 Å². The van der Waals surface area contributed by atoms with E-state index < -0.39 is 0 Å². The Hall–Kier alpha value is -2.58. The Morgan fingerprint density at radius 3 is 2.84 bits per heavy atom. The summed E-state index contributed by atoms with van der Waals surface area (Å²) in [6.07, 6.45) is 5.49. The van der Waals surface area contributed by atoms with Crippen LogP contribution in [0, 0.1) is 18.3 Å². The molecule has 0 saturated carbocycles. The molecule has 0 atom stereocenters. The van der Waals surface area contributed by atoms with Gasteiger partial charge >= 0.3 is 0 Å². The van der Waals surface area contributed by atoms with Gasteiger partial charge in [-0.05, 0) is 68.6 Å². The molecule has 0 amide bonds. The SMILES string of the molecule is Cc1cc(CCN2CCC(c3c[nH]c4ccc(C#N)cc34)CC2)n[nH]1. The lowest BCUT2D eigenvalue weighted by Crippen LogP contribution is -2.34. The van der Waals surface area contributed by atoms with Crippen molar-refractivity contribution in [3.05, 3.63) is 53.0 Å². The first-order valence-electron chi connectivity index (χ1n) is 8.97. The smallest absolute Gasteiger partial charge is 0.0991 e. The average molecular weight is 333 g/mol. The van der Waals surface area contributed by atoms with Gasteiger partial charge in [-0.15, -0.1) is 0 Å². The number of nitrogens with zero attached hydrogens (tertiary/aromatic N) is 3. The first-order chi connectivity index (χ1) is 12.2. The van der Waals surface area contributed by atoms with Crippen LogP contribution in [-0.4, -0.2) is 39.7 Å². The van der Waals surface area contributed by atoms with E-state index in [1.165, 1.54) is 23.8 Å². The number of aromatic amines is 2. The van der Waals surface area contributed by atoms with Crippen LogP contribution in [-0.2, 0) is 6.42 Å². The van der Waals surface area contributed by atoms with Crippen LogP contribution in [0.25, 0.3) is 10.9 Å². The van der Waals surface area contributed by atoms with E-state index in [1.807, 2.05) is 25.1 Å². The minimum Gasteiger partial charge on any atom is -0.361 e.